The molecule has 196 valence electrons. The van der Waals surface area contributed by atoms with Crippen molar-refractivity contribution in [1.82, 2.24) is 14.1 Å². The van der Waals surface area contributed by atoms with Crippen LogP contribution in [0.1, 0.15) is 30.2 Å². The van der Waals surface area contributed by atoms with Crippen LogP contribution < -0.4 is 4.74 Å². The van der Waals surface area contributed by atoms with Crippen molar-refractivity contribution in [2.24, 2.45) is 5.41 Å². The van der Waals surface area contributed by atoms with Gasteiger partial charge in [-0.3, -0.25) is 0 Å². The SMILES string of the molecule is Cc1cc(C)cc(OC2=CCC(C)(C#N)C=C2S(=O)(=O)N2CCN(C(=S)N(C)Cc3ccco3)CC2)c1. The van der Waals surface area contributed by atoms with E-state index in [0.717, 1.165) is 16.9 Å². The Hall–Kier alpha value is -3.13. The summed E-state index contributed by atoms with van der Waals surface area (Å²) >= 11 is 5.65. The van der Waals surface area contributed by atoms with E-state index in [1.54, 1.807) is 19.3 Å². The minimum absolute atomic E-state index is 0.0351. The van der Waals surface area contributed by atoms with Gasteiger partial charge in [0, 0.05) is 33.2 Å². The van der Waals surface area contributed by atoms with Crippen LogP contribution in [0, 0.1) is 30.6 Å². The van der Waals surface area contributed by atoms with Gasteiger partial charge in [0.15, 0.2) is 5.11 Å². The average Bonchev–Trinajstić information content (AvgIpc) is 3.37. The van der Waals surface area contributed by atoms with Gasteiger partial charge in [-0.1, -0.05) is 6.07 Å². The number of thiocarbonyl (C=S) groups is 1. The Balaban J connectivity index is 1.50. The summed E-state index contributed by atoms with van der Waals surface area (Å²) in [6, 6.07) is 11.7. The highest BCUT2D eigenvalue weighted by Gasteiger charge is 2.38. The van der Waals surface area contributed by atoms with E-state index in [0.29, 0.717) is 36.9 Å². The minimum atomic E-state index is -3.91. The minimum Gasteiger partial charge on any atom is -0.467 e. The number of hydrogen-bond acceptors (Lipinski definition) is 6. The second-order valence-electron chi connectivity index (χ2n) is 9.84. The van der Waals surface area contributed by atoms with Gasteiger partial charge in [0.2, 0.25) is 10.0 Å². The number of ether oxygens (including phenoxy) is 1. The molecule has 0 spiro atoms. The number of nitriles is 1. The van der Waals surface area contributed by atoms with E-state index in [2.05, 4.69) is 6.07 Å². The Kier molecular flexibility index (Phi) is 7.78. The maximum atomic E-state index is 13.9. The Bertz CT molecular complexity index is 1350. The van der Waals surface area contributed by atoms with Crippen molar-refractivity contribution < 1.29 is 17.6 Å². The number of furan rings is 1. The second kappa shape index (κ2) is 10.7. The summed E-state index contributed by atoms with van der Waals surface area (Å²) in [4.78, 5) is 3.95. The number of rotatable bonds is 6. The molecule has 0 amide bonds. The van der Waals surface area contributed by atoms with Crippen molar-refractivity contribution in [2.75, 3.05) is 33.2 Å². The summed E-state index contributed by atoms with van der Waals surface area (Å²) in [6.45, 7) is 7.66. The molecule has 1 aliphatic carbocycles. The van der Waals surface area contributed by atoms with Crippen molar-refractivity contribution in [3.8, 4) is 11.8 Å². The van der Waals surface area contributed by atoms with Crippen LogP contribution in [0.4, 0.5) is 0 Å². The van der Waals surface area contributed by atoms with Gasteiger partial charge in [0.05, 0.1) is 24.3 Å². The number of benzene rings is 1. The molecule has 0 bridgehead atoms. The molecule has 2 heterocycles. The highest BCUT2D eigenvalue weighted by atomic mass is 32.2. The van der Waals surface area contributed by atoms with Gasteiger partial charge < -0.3 is 19.0 Å². The molecule has 2 aliphatic rings. The van der Waals surface area contributed by atoms with E-state index in [1.807, 2.05) is 61.0 Å². The fourth-order valence-electron chi connectivity index (χ4n) is 4.52. The Morgan fingerprint density at radius 2 is 1.89 bits per heavy atom. The molecule has 1 atom stereocenters. The first kappa shape index (κ1) is 26.9. The molecule has 1 fully saturated rings. The Morgan fingerprint density at radius 1 is 1.22 bits per heavy atom. The Labute approximate surface area is 224 Å². The molecule has 0 N–H and O–H groups in total. The molecular weight excluding hydrogens is 508 g/mol. The van der Waals surface area contributed by atoms with E-state index in [9.17, 15) is 13.7 Å². The molecule has 37 heavy (non-hydrogen) atoms. The molecule has 4 rings (SSSR count). The second-order valence-corrected chi connectivity index (χ2v) is 12.1. The molecule has 0 saturated carbocycles. The summed E-state index contributed by atoms with van der Waals surface area (Å²) in [5.41, 5.74) is 1.10. The first-order valence-corrected chi connectivity index (χ1v) is 14.0. The monoisotopic (exact) mass is 540 g/mol. The van der Waals surface area contributed by atoms with Crippen LogP contribution in [-0.2, 0) is 16.6 Å². The zero-order chi connectivity index (χ0) is 26.8. The van der Waals surface area contributed by atoms with Crippen LogP contribution >= 0.6 is 12.2 Å². The van der Waals surface area contributed by atoms with E-state index in [1.165, 1.54) is 10.4 Å². The zero-order valence-corrected chi connectivity index (χ0v) is 23.2. The van der Waals surface area contributed by atoms with Crippen molar-refractivity contribution in [3.63, 3.8) is 0 Å². The third-order valence-corrected chi connectivity index (χ3v) is 9.00. The third kappa shape index (κ3) is 6.06. The van der Waals surface area contributed by atoms with E-state index >= 15 is 0 Å². The van der Waals surface area contributed by atoms with Crippen LogP contribution in [0.5, 0.6) is 5.75 Å². The third-order valence-electron chi connectivity index (χ3n) is 6.51. The van der Waals surface area contributed by atoms with Crippen molar-refractivity contribution in [2.45, 2.75) is 33.7 Å². The number of nitrogens with zero attached hydrogens (tertiary/aromatic N) is 4. The fraction of sp³-hybridized carbons (Fsp3) is 0.407. The predicted molar refractivity (Wildman–Crippen MR) is 146 cm³/mol. The van der Waals surface area contributed by atoms with Crippen LogP contribution in [0.25, 0.3) is 0 Å². The van der Waals surface area contributed by atoms with Crippen LogP contribution in [0.15, 0.2) is 63.8 Å². The molecule has 1 aliphatic heterocycles. The number of allylic oxidation sites excluding steroid dienone is 2. The summed E-state index contributed by atoms with van der Waals surface area (Å²) in [7, 11) is -2.02. The first-order valence-electron chi connectivity index (χ1n) is 12.1. The van der Waals surface area contributed by atoms with Crippen molar-refractivity contribution in [3.05, 3.63) is 76.3 Å². The quantitative estimate of drug-likeness (QED) is 0.500. The molecule has 1 aromatic heterocycles. The number of sulfonamides is 1. The molecule has 2 aromatic rings. The summed E-state index contributed by atoms with van der Waals surface area (Å²) < 4.78 is 40.7. The lowest BCUT2D eigenvalue weighted by atomic mass is 9.85. The standard InChI is InChI=1S/C27H32N4O4S2/c1-20-14-21(2)16-23(15-20)35-24-7-8-27(3,19-28)17-25(24)37(32,33)31-11-9-30(10-12-31)26(36)29(4)18-22-6-5-13-34-22/h5-7,13-17H,8-12,18H2,1-4H3. The maximum absolute atomic E-state index is 13.9. The largest absolute Gasteiger partial charge is 0.467 e. The smallest absolute Gasteiger partial charge is 0.246 e. The Morgan fingerprint density at radius 3 is 2.49 bits per heavy atom. The summed E-state index contributed by atoms with van der Waals surface area (Å²) in [5, 5.41) is 10.4. The number of aryl methyl sites for hydroxylation is 2. The zero-order valence-electron chi connectivity index (χ0n) is 21.6. The molecule has 8 nitrogen and oxygen atoms in total. The van der Waals surface area contributed by atoms with Gasteiger partial charge in [-0.15, -0.1) is 0 Å². The molecule has 1 saturated heterocycles. The van der Waals surface area contributed by atoms with Gasteiger partial charge >= 0.3 is 0 Å². The number of piperazine rings is 1. The van der Waals surface area contributed by atoms with Gasteiger partial charge in [-0.2, -0.15) is 9.57 Å². The highest BCUT2D eigenvalue weighted by molar-refractivity contribution is 7.93. The maximum Gasteiger partial charge on any atom is 0.246 e. The molecule has 10 heteroatoms. The molecule has 1 aromatic carbocycles. The normalized spacial score (nSPS) is 20.6. The lowest BCUT2D eigenvalue weighted by molar-refractivity contribution is 0.245. The van der Waals surface area contributed by atoms with Crippen LogP contribution in [-0.4, -0.2) is 60.9 Å². The fourth-order valence-corrected chi connectivity index (χ4v) is 6.48. The van der Waals surface area contributed by atoms with Gasteiger partial charge in [0.25, 0.3) is 0 Å². The topological polar surface area (TPSA) is 90.0 Å². The van der Waals surface area contributed by atoms with E-state index in [4.69, 9.17) is 21.4 Å². The van der Waals surface area contributed by atoms with Gasteiger partial charge in [-0.25, -0.2) is 8.42 Å². The van der Waals surface area contributed by atoms with E-state index in [-0.39, 0.29) is 23.8 Å². The van der Waals surface area contributed by atoms with Gasteiger partial charge in [-0.05, 0) is 87.0 Å². The van der Waals surface area contributed by atoms with Crippen LogP contribution in [0.3, 0.4) is 0 Å². The molecule has 0 radical (unpaired) electrons. The van der Waals surface area contributed by atoms with E-state index < -0.39 is 15.4 Å². The number of hydrogen-bond donors (Lipinski definition) is 0. The van der Waals surface area contributed by atoms with Crippen molar-refractivity contribution >= 4 is 27.4 Å². The van der Waals surface area contributed by atoms with Crippen molar-refractivity contribution in [1.29, 1.82) is 5.26 Å². The molecule has 1 unspecified atom stereocenters. The lowest BCUT2D eigenvalue weighted by Crippen LogP contribution is -2.53. The average molecular weight is 541 g/mol. The summed E-state index contributed by atoms with van der Waals surface area (Å²) in [5.74, 6) is 1.63. The van der Waals surface area contributed by atoms with Crippen LogP contribution in [0.2, 0.25) is 0 Å². The van der Waals surface area contributed by atoms with Gasteiger partial charge in [0.1, 0.15) is 22.2 Å². The summed E-state index contributed by atoms with van der Waals surface area (Å²) in [6.07, 6.45) is 5.24. The first-order chi connectivity index (χ1) is 17.5. The molecular formula is C27H32N4O4S2. The predicted octanol–water partition coefficient (Wildman–Crippen LogP) is 4.34. The highest BCUT2D eigenvalue weighted by Crippen LogP contribution is 2.37. The lowest BCUT2D eigenvalue weighted by Gasteiger charge is -2.38.